The first-order valence-electron chi connectivity index (χ1n) is 8.04. The number of hydrogen-bond donors (Lipinski definition) is 1. The van der Waals surface area contributed by atoms with E-state index in [1.807, 2.05) is 0 Å². The Morgan fingerprint density at radius 3 is 2.38 bits per heavy atom. The van der Waals surface area contributed by atoms with E-state index in [9.17, 15) is 17.6 Å². The summed E-state index contributed by atoms with van der Waals surface area (Å²) < 4.78 is 45.0. The summed E-state index contributed by atoms with van der Waals surface area (Å²) in [5.74, 6) is -0.945. The molecule has 6 nitrogen and oxygen atoms in total. The average molecular weight is 380 g/mol. The van der Waals surface area contributed by atoms with Crippen molar-refractivity contribution < 1.29 is 22.3 Å². The molecule has 2 rings (SSSR count). The van der Waals surface area contributed by atoms with Crippen molar-refractivity contribution in [1.82, 2.24) is 5.32 Å². The van der Waals surface area contributed by atoms with Crippen molar-refractivity contribution in [1.29, 1.82) is 0 Å². The lowest BCUT2D eigenvalue weighted by Crippen LogP contribution is -2.41. The molecule has 0 bridgehead atoms. The third kappa shape index (κ3) is 5.27. The van der Waals surface area contributed by atoms with Crippen LogP contribution in [0.25, 0.3) is 0 Å². The van der Waals surface area contributed by atoms with Crippen LogP contribution in [0.2, 0.25) is 0 Å². The Bertz CT molecular complexity index is 811. The minimum absolute atomic E-state index is 0.0523. The number of benzene rings is 2. The molecular weight excluding hydrogens is 359 g/mol. The number of halogens is 1. The summed E-state index contributed by atoms with van der Waals surface area (Å²) in [5, 5.41) is 2.65. The first-order valence-corrected chi connectivity index (χ1v) is 9.48. The lowest BCUT2D eigenvalue weighted by Gasteiger charge is -2.24. The second-order valence-corrected chi connectivity index (χ2v) is 7.36. The molecule has 0 atom stereocenters. The Morgan fingerprint density at radius 1 is 1.12 bits per heavy atom. The van der Waals surface area contributed by atoms with Gasteiger partial charge < -0.3 is 10.1 Å². The molecule has 0 aliphatic heterocycles. The van der Waals surface area contributed by atoms with Crippen LogP contribution in [0.3, 0.4) is 0 Å². The van der Waals surface area contributed by atoms with Gasteiger partial charge in [0, 0.05) is 20.3 Å². The number of sulfonamides is 1. The van der Waals surface area contributed by atoms with Gasteiger partial charge in [0.1, 0.15) is 12.4 Å². The topological polar surface area (TPSA) is 75.7 Å². The van der Waals surface area contributed by atoms with Gasteiger partial charge in [-0.05, 0) is 42.8 Å². The zero-order valence-corrected chi connectivity index (χ0v) is 15.2. The number of carbonyl (C=O) groups is 1. The van der Waals surface area contributed by atoms with E-state index in [-0.39, 0.29) is 10.6 Å². The number of hydrogen-bond acceptors (Lipinski definition) is 4. The van der Waals surface area contributed by atoms with Crippen LogP contribution in [-0.4, -0.2) is 41.1 Å². The first-order chi connectivity index (χ1) is 12.4. The molecular formula is C18H21FN2O4S. The molecule has 0 unspecified atom stereocenters. The summed E-state index contributed by atoms with van der Waals surface area (Å²) >= 11 is 0. The molecule has 0 heterocycles. The molecule has 140 valence electrons. The highest BCUT2D eigenvalue weighted by Crippen LogP contribution is 2.23. The van der Waals surface area contributed by atoms with Gasteiger partial charge in [0.25, 0.3) is 10.0 Å². The molecule has 2 aromatic carbocycles. The van der Waals surface area contributed by atoms with Crippen LogP contribution < -0.4 is 9.62 Å². The van der Waals surface area contributed by atoms with Gasteiger partial charge in [-0.3, -0.25) is 9.10 Å². The lowest BCUT2D eigenvalue weighted by molar-refractivity contribution is -0.119. The molecule has 2 aromatic rings. The molecule has 0 aliphatic rings. The van der Waals surface area contributed by atoms with Gasteiger partial charge in [-0.15, -0.1) is 0 Å². The normalized spacial score (nSPS) is 11.2. The van der Waals surface area contributed by atoms with Crippen molar-refractivity contribution >= 4 is 21.6 Å². The van der Waals surface area contributed by atoms with Crippen LogP contribution in [0.15, 0.2) is 59.5 Å². The van der Waals surface area contributed by atoms with Crippen molar-refractivity contribution in [3.8, 4) is 0 Å². The van der Waals surface area contributed by atoms with Gasteiger partial charge in [0.2, 0.25) is 5.91 Å². The largest absolute Gasteiger partial charge is 0.385 e. The van der Waals surface area contributed by atoms with Gasteiger partial charge >= 0.3 is 0 Å². The number of ether oxygens (including phenoxy) is 1. The highest BCUT2D eigenvalue weighted by molar-refractivity contribution is 7.92. The fraction of sp³-hybridized carbons (Fsp3) is 0.278. The maximum absolute atomic E-state index is 13.2. The molecule has 0 aromatic heterocycles. The molecule has 8 heteroatoms. The van der Waals surface area contributed by atoms with E-state index >= 15 is 0 Å². The zero-order valence-electron chi connectivity index (χ0n) is 14.4. The number of rotatable bonds is 9. The van der Waals surface area contributed by atoms with E-state index in [4.69, 9.17) is 4.74 Å². The van der Waals surface area contributed by atoms with E-state index in [1.54, 1.807) is 25.3 Å². The highest BCUT2D eigenvalue weighted by atomic mass is 32.2. The summed E-state index contributed by atoms with van der Waals surface area (Å²) in [5.41, 5.74) is 0.210. The molecule has 1 N–H and O–H groups in total. The van der Waals surface area contributed by atoms with Crippen LogP contribution in [0.5, 0.6) is 0 Å². The molecule has 0 saturated heterocycles. The quantitative estimate of drug-likeness (QED) is 0.677. The second kappa shape index (κ2) is 9.30. The predicted octanol–water partition coefficient (Wildman–Crippen LogP) is 2.17. The number of carbonyl (C=O) groups excluding carboxylic acids is 1. The monoisotopic (exact) mass is 380 g/mol. The smallest absolute Gasteiger partial charge is 0.264 e. The van der Waals surface area contributed by atoms with Gasteiger partial charge in [-0.25, -0.2) is 12.8 Å². The SMILES string of the molecule is COCCCNC(=O)CN(c1ccc(F)cc1)S(=O)(=O)c1ccccc1. The predicted molar refractivity (Wildman–Crippen MR) is 96.9 cm³/mol. The fourth-order valence-corrected chi connectivity index (χ4v) is 3.71. The standard InChI is InChI=1S/C18H21FN2O4S/c1-25-13-5-12-20-18(22)14-21(16-10-8-15(19)9-11-16)26(23,24)17-6-3-2-4-7-17/h2-4,6-11H,5,12-14H2,1H3,(H,20,22). The summed E-state index contributed by atoms with van der Waals surface area (Å²) in [6, 6.07) is 12.7. The fourth-order valence-electron chi connectivity index (χ4n) is 2.27. The van der Waals surface area contributed by atoms with Crippen molar-refractivity contribution in [3.63, 3.8) is 0 Å². The maximum Gasteiger partial charge on any atom is 0.264 e. The van der Waals surface area contributed by atoms with Gasteiger partial charge in [0.15, 0.2) is 0 Å². The van der Waals surface area contributed by atoms with E-state index in [1.165, 1.54) is 24.3 Å². The van der Waals surface area contributed by atoms with Crippen LogP contribution >= 0.6 is 0 Å². The van der Waals surface area contributed by atoms with Crippen LogP contribution in [-0.2, 0) is 19.6 Å². The van der Waals surface area contributed by atoms with Crippen LogP contribution in [0.4, 0.5) is 10.1 Å². The number of anilines is 1. The lowest BCUT2D eigenvalue weighted by atomic mass is 10.3. The Labute approximate surface area is 152 Å². The Kier molecular flexibility index (Phi) is 7.11. The van der Waals surface area contributed by atoms with Crippen LogP contribution in [0, 0.1) is 5.82 Å². The van der Waals surface area contributed by atoms with Crippen molar-refractivity contribution in [2.45, 2.75) is 11.3 Å². The average Bonchev–Trinajstić information content (AvgIpc) is 2.65. The van der Waals surface area contributed by atoms with Crippen molar-refractivity contribution in [2.75, 3.05) is 31.1 Å². The molecule has 0 saturated carbocycles. The zero-order chi connectivity index (χ0) is 19.0. The molecule has 0 radical (unpaired) electrons. The molecule has 1 amide bonds. The molecule has 0 aliphatic carbocycles. The summed E-state index contributed by atoms with van der Waals surface area (Å²) in [7, 11) is -2.41. The van der Waals surface area contributed by atoms with E-state index in [0.29, 0.717) is 19.6 Å². The van der Waals surface area contributed by atoms with E-state index in [2.05, 4.69) is 5.32 Å². The number of amides is 1. The van der Waals surface area contributed by atoms with Crippen LogP contribution in [0.1, 0.15) is 6.42 Å². The van der Waals surface area contributed by atoms with E-state index in [0.717, 1.165) is 16.4 Å². The molecule has 0 spiro atoms. The first kappa shape index (κ1) is 19.9. The summed E-state index contributed by atoms with van der Waals surface area (Å²) in [6.45, 7) is 0.454. The minimum Gasteiger partial charge on any atom is -0.385 e. The summed E-state index contributed by atoms with van der Waals surface area (Å²) in [4.78, 5) is 12.3. The van der Waals surface area contributed by atoms with Crippen molar-refractivity contribution in [3.05, 3.63) is 60.4 Å². The van der Waals surface area contributed by atoms with Crippen molar-refractivity contribution in [2.24, 2.45) is 0 Å². The minimum atomic E-state index is -3.97. The number of nitrogens with zero attached hydrogens (tertiary/aromatic N) is 1. The number of nitrogens with one attached hydrogen (secondary N) is 1. The Morgan fingerprint density at radius 2 is 1.77 bits per heavy atom. The Hall–Kier alpha value is -2.45. The maximum atomic E-state index is 13.2. The molecule has 0 fully saturated rings. The molecule has 26 heavy (non-hydrogen) atoms. The highest BCUT2D eigenvalue weighted by Gasteiger charge is 2.26. The number of methoxy groups -OCH3 is 1. The Balaban J connectivity index is 2.25. The van der Waals surface area contributed by atoms with Gasteiger partial charge in [-0.1, -0.05) is 18.2 Å². The third-order valence-electron chi connectivity index (χ3n) is 3.58. The van der Waals surface area contributed by atoms with E-state index < -0.39 is 28.3 Å². The third-order valence-corrected chi connectivity index (χ3v) is 5.37. The summed E-state index contributed by atoms with van der Waals surface area (Å²) in [6.07, 6.45) is 0.615. The van der Waals surface area contributed by atoms with Gasteiger partial charge in [0.05, 0.1) is 10.6 Å². The second-order valence-electron chi connectivity index (χ2n) is 5.50. The van der Waals surface area contributed by atoms with Gasteiger partial charge in [-0.2, -0.15) is 0 Å².